The molecule has 0 aromatic carbocycles. The number of ketones is 2. The first-order valence-corrected chi connectivity index (χ1v) is 6.61. The third-order valence-electron chi connectivity index (χ3n) is 3.71. The minimum Gasteiger partial charge on any atom is -0.299 e. The number of hydrogen-bond donors (Lipinski definition) is 0. The van der Waals surface area contributed by atoms with Crippen molar-refractivity contribution in [2.45, 2.75) is 32.1 Å². The lowest BCUT2D eigenvalue weighted by Crippen LogP contribution is -2.23. The van der Waals surface area contributed by atoms with E-state index in [0.717, 1.165) is 19.3 Å². The molecule has 0 saturated heterocycles. The van der Waals surface area contributed by atoms with Crippen molar-refractivity contribution in [2.24, 2.45) is 5.92 Å². The summed E-state index contributed by atoms with van der Waals surface area (Å²) in [5.74, 6) is -0.517. The van der Waals surface area contributed by atoms with Crippen LogP contribution < -0.4 is 0 Å². The molecule has 0 spiro atoms. The van der Waals surface area contributed by atoms with Crippen molar-refractivity contribution in [1.29, 1.82) is 0 Å². The van der Waals surface area contributed by atoms with Crippen LogP contribution >= 0.6 is 0 Å². The third kappa shape index (κ3) is 2.16. The number of carbonyl (C=O) groups excluding carboxylic acids is 2. The van der Waals surface area contributed by atoms with Crippen molar-refractivity contribution in [3.8, 4) is 0 Å². The van der Waals surface area contributed by atoms with E-state index in [9.17, 15) is 9.59 Å². The van der Waals surface area contributed by atoms with Crippen molar-refractivity contribution in [1.82, 2.24) is 14.6 Å². The minimum absolute atomic E-state index is 0.0748. The SMILES string of the molecule is O=C1CCCCCC1C(=O)c1cnn2ccncc12. The fourth-order valence-corrected chi connectivity index (χ4v) is 2.65. The van der Waals surface area contributed by atoms with Gasteiger partial charge in [-0.05, 0) is 12.8 Å². The lowest BCUT2D eigenvalue weighted by molar-refractivity contribution is -0.121. The molecule has 2 aromatic rings. The van der Waals surface area contributed by atoms with E-state index in [4.69, 9.17) is 0 Å². The van der Waals surface area contributed by atoms with Crippen LogP contribution in [0.3, 0.4) is 0 Å². The average Bonchev–Trinajstić information content (AvgIpc) is 2.74. The molecular weight excluding hydrogens is 242 g/mol. The van der Waals surface area contributed by atoms with Crippen molar-refractivity contribution in [2.75, 3.05) is 0 Å². The number of carbonyl (C=O) groups is 2. The smallest absolute Gasteiger partial charge is 0.177 e. The average molecular weight is 257 g/mol. The van der Waals surface area contributed by atoms with Crippen LogP contribution in [0.5, 0.6) is 0 Å². The van der Waals surface area contributed by atoms with Gasteiger partial charge in [0.25, 0.3) is 0 Å². The normalized spacial score (nSPS) is 20.4. The lowest BCUT2D eigenvalue weighted by atomic mass is 9.91. The number of fused-ring (bicyclic) bond motifs is 1. The second-order valence-electron chi connectivity index (χ2n) is 4.95. The monoisotopic (exact) mass is 257 g/mol. The molecule has 0 bridgehead atoms. The summed E-state index contributed by atoms with van der Waals surface area (Å²) in [6, 6.07) is 0. The van der Waals surface area contributed by atoms with E-state index in [-0.39, 0.29) is 11.6 Å². The van der Waals surface area contributed by atoms with Crippen LogP contribution in [0.4, 0.5) is 0 Å². The van der Waals surface area contributed by atoms with E-state index in [2.05, 4.69) is 10.1 Å². The third-order valence-corrected chi connectivity index (χ3v) is 3.71. The molecule has 0 radical (unpaired) electrons. The van der Waals surface area contributed by atoms with Crippen LogP contribution in [0, 0.1) is 5.92 Å². The van der Waals surface area contributed by atoms with Crippen LogP contribution in [-0.4, -0.2) is 26.2 Å². The Labute approximate surface area is 110 Å². The molecule has 19 heavy (non-hydrogen) atoms. The van der Waals surface area contributed by atoms with Gasteiger partial charge in [0.15, 0.2) is 5.78 Å². The number of Topliss-reactive ketones (excluding diaryl/α,β-unsaturated/α-hetero) is 2. The molecule has 98 valence electrons. The number of nitrogens with zero attached hydrogens (tertiary/aromatic N) is 3. The molecule has 1 aliphatic rings. The van der Waals surface area contributed by atoms with Gasteiger partial charge in [-0.25, -0.2) is 4.52 Å². The molecule has 1 atom stereocenters. The van der Waals surface area contributed by atoms with E-state index in [1.54, 1.807) is 23.1 Å². The highest BCUT2D eigenvalue weighted by Crippen LogP contribution is 2.25. The highest BCUT2D eigenvalue weighted by Gasteiger charge is 2.30. The first kappa shape index (κ1) is 12.0. The molecule has 5 nitrogen and oxygen atoms in total. The lowest BCUT2D eigenvalue weighted by Gasteiger charge is -2.10. The van der Waals surface area contributed by atoms with Gasteiger partial charge in [0.2, 0.25) is 0 Å². The maximum absolute atomic E-state index is 12.5. The number of aromatic nitrogens is 3. The van der Waals surface area contributed by atoms with Crippen molar-refractivity contribution < 1.29 is 9.59 Å². The topological polar surface area (TPSA) is 64.3 Å². The minimum atomic E-state index is -0.490. The van der Waals surface area contributed by atoms with E-state index < -0.39 is 5.92 Å². The molecular formula is C14H15N3O2. The molecule has 0 aliphatic heterocycles. The molecule has 1 unspecified atom stereocenters. The van der Waals surface area contributed by atoms with E-state index >= 15 is 0 Å². The van der Waals surface area contributed by atoms with Gasteiger partial charge in [-0.2, -0.15) is 5.10 Å². The zero-order valence-electron chi connectivity index (χ0n) is 10.6. The first-order valence-electron chi connectivity index (χ1n) is 6.61. The van der Waals surface area contributed by atoms with Crippen LogP contribution in [0.1, 0.15) is 42.5 Å². The fourth-order valence-electron chi connectivity index (χ4n) is 2.65. The molecule has 2 heterocycles. The Hall–Kier alpha value is -2.04. The van der Waals surface area contributed by atoms with Gasteiger partial charge in [-0.15, -0.1) is 0 Å². The summed E-state index contributed by atoms with van der Waals surface area (Å²) < 4.78 is 1.61. The summed E-state index contributed by atoms with van der Waals surface area (Å²) >= 11 is 0. The van der Waals surface area contributed by atoms with Gasteiger partial charge in [0, 0.05) is 18.8 Å². The van der Waals surface area contributed by atoms with Crippen LogP contribution in [0.2, 0.25) is 0 Å². The van der Waals surface area contributed by atoms with Gasteiger partial charge in [-0.3, -0.25) is 14.6 Å². The summed E-state index contributed by atoms with van der Waals surface area (Å²) in [5, 5.41) is 4.13. The van der Waals surface area contributed by atoms with Crippen LogP contribution in [-0.2, 0) is 4.79 Å². The Bertz CT molecular complexity index is 632. The summed E-state index contributed by atoms with van der Waals surface area (Å²) in [7, 11) is 0. The molecule has 0 amide bonds. The quantitative estimate of drug-likeness (QED) is 0.469. The molecule has 1 fully saturated rings. The number of rotatable bonds is 2. The largest absolute Gasteiger partial charge is 0.299 e. The molecule has 5 heteroatoms. The maximum Gasteiger partial charge on any atom is 0.177 e. The van der Waals surface area contributed by atoms with E-state index in [1.807, 2.05) is 0 Å². The van der Waals surface area contributed by atoms with E-state index in [1.165, 1.54) is 6.20 Å². The Balaban J connectivity index is 1.96. The van der Waals surface area contributed by atoms with Gasteiger partial charge >= 0.3 is 0 Å². The van der Waals surface area contributed by atoms with Gasteiger partial charge in [-0.1, -0.05) is 12.8 Å². The molecule has 2 aromatic heterocycles. The van der Waals surface area contributed by atoms with E-state index in [0.29, 0.717) is 23.9 Å². The van der Waals surface area contributed by atoms with Gasteiger partial charge in [0.05, 0.1) is 29.4 Å². The summed E-state index contributed by atoms with van der Waals surface area (Å²) in [6.07, 6.45) is 10.5. The first-order chi connectivity index (χ1) is 9.27. The zero-order chi connectivity index (χ0) is 13.2. The summed E-state index contributed by atoms with van der Waals surface area (Å²) in [5.41, 5.74) is 1.18. The Morgan fingerprint density at radius 3 is 3.05 bits per heavy atom. The molecule has 3 rings (SSSR count). The predicted octanol–water partition coefficient (Wildman–Crippen LogP) is 2.06. The van der Waals surface area contributed by atoms with Crippen molar-refractivity contribution in [3.05, 3.63) is 30.4 Å². The zero-order valence-corrected chi connectivity index (χ0v) is 10.6. The standard InChI is InChI=1S/C14H15N3O2/c18-13-5-3-1-2-4-10(13)14(19)11-8-16-17-7-6-15-9-12(11)17/h6-10H,1-5H2. The predicted molar refractivity (Wildman–Crippen MR) is 68.9 cm³/mol. The molecule has 1 aliphatic carbocycles. The van der Waals surface area contributed by atoms with Gasteiger partial charge < -0.3 is 0 Å². The number of hydrogen-bond acceptors (Lipinski definition) is 4. The van der Waals surface area contributed by atoms with Crippen LogP contribution in [0.15, 0.2) is 24.8 Å². The van der Waals surface area contributed by atoms with Crippen molar-refractivity contribution in [3.63, 3.8) is 0 Å². The second kappa shape index (κ2) is 4.91. The summed E-state index contributed by atoms with van der Waals surface area (Å²) in [6.45, 7) is 0. The Morgan fingerprint density at radius 2 is 2.16 bits per heavy atom. The summed E-state index contributed by atoms with van der Waals surface area (Å²) in [4.78, 5) is 28.6. The Morgan fingerprint density at radius 1 is 1.26 bits per heavy atom. The van der Waals surface area contributed by atoms with Gasteiger partial charge in [0.1, 0.15) is 5.78 Å². The Kier molecular flexibility index (Phi) is 3.11. The highest BCUT2D eigenvalue weighted by atomic mass is 16.2. The van der Waals surface area contributed by atoms with Crippen molar-refractivity contribution >= 4 is 17.1 Å². The fraction of sp³-hybridized carbons (Fsp3) is 0.429. The maximum atomic E-state index is 12.5. The molecule has 1 saturated carbocycles. The van der Waals surface area contributed by atoms with Crippen LogP contribution in [0.25, 0.3) is 5.52 Å². The second-order valence-corrected chi connectivity index (χ2v) is 4.95. The highest BCUT2D eigenvalue weighted by molar-refractivity contribution is 6.13. The molecule has 0 N–H and O–H groups in total.